The average Bonchev–Trinajstić information content (AvgIpc) is 3.17. The number of hydrogen-bond donors (Lipinski definition) is 2. The van der Waals surface area contributed by atoms with Crippen molar-refractivity contribution in [1.82, 2.24) is 14.9 Å². The van der Waals surface area contributed by atoms with Crippen LogP contribution in [0, 0.1) is 11.7 Å². The molecule has 2 heterocycles. The van der Waals surface area contributed by atoms with E-state index in [0.717, 1.165) is 5.52 Å². The number of aromatic nitrogens is 2. The van der Waals surface area contributed by atoms with Gasteiger partial charge in [-0.2, -0.15) is 5.10 Å². The van der Waals surface area contributed by atoms with E-state index < -0.39 is 5.92 Å². The third-order valence-electron chi connectivity index (χ3n) is 4.50. The molecule has 0 fully saturated rings. The molecule has 0 aliphatic carbocycles. The van der Waals surface area contributed by atoms with E-state index in [4.69, 9.17) is 0 Å². The van der Waals surface area contributed by atoms with Gasteiger partial charge in [-0.05, 0) is 55.8 Å². The highest BCUT2D eigenvalue weighted by Gasteiger charge is 2.17. The van der Waals surface area contributed by atoms with Gasteiger partial charge >= 0.3 is 0 Å². The molecule has 0 bridgehead atoms. The van der Waals surface area contributed by atoms with E-state index in [0.29, 0.717) is 29.9 Å². The summed E-state index contributed by atoms with van der Waals surface area (Å²) in [4.78, 5) is 24.7. The quantitative estimate of drug-likeness (QED) is 0.617. The molecule has 6 nitrogen and oxygen atoms in total. The third kappa shape index (κ3) is 4.43. The first kappa shape index (κ1) is 19.3. The molecule has 1 unspecified atom stereocenters. The van der Waals surface area contributed by atoms with Crippen LogP contribution in [0.4, 0.5) is 10.1 Å². The third-order valence-corrected chi connectivity index (χ3v) is 4.50. The summed E-state index contributed by atoms with van der Waals surface area (Å²) in [5, 5.41) is 9.70. The van der Waals surface area contributed by atoms with E-state index in [9.17, 15) is 14.0 Å². The fourth-order valence-electron chi connectivity index (χ4n) is 2.73. The van der Waals surface area contributed by atoms with Crippen molar-refractivity contribution in [3.63, 3.8) is 0 Å². The van der Waals surface area contributed by atoms with Crippen LogP contribution in [0.2, 0.25) is 0 Å². The lowest BCUT2D eigenvalue weighted by molar-refractivity contribution is -0.118. The molecule has 0 spiro atoms. The maximum absolute atomic E-state index is 12.9. The second-order valence-electron chi connectivity index (χ2n) is 6.46. The smallest absolute Gasteiger partial charge is 0.269 e. The average molecular weight is 380 g/mol. The number of amides is 2. The second-order valence-corrected chi connectivity index (χ2v) is 6.46. The summed E-state index contributed by atoms with van der Waals surface area (Å²) in [6.45, 7) is 6.05. The van der Waals surface area contributed by atoms with Crippen LogP contribution in [-0.2, 0) is 4.79 Å². The Morgan fingerprint density at radius 3 is 2.68 bits per heavy atom. The van der Waals surface area contributed by atoms with Gasteiger partial charge in [0.05, 0.1) is 17.6 Å². The second kappa shape index (κ2) is 8.47. The molecule has 144 valence electrons. The Hall–Kier alpha value is -3.48. The number of anilines is 1. The number of nitrogens with zero attached hydrogens (tertiary/aromatic N) is 2. The Labute approximate surface area is 162 Å². The van der Waals surface area contributed by atoms with E-state index in [1.54, 1.807) is 29.8 Å². The zero-order chi connectivity index (χ0) is 20.1. The zero-order valence-electron chi connectivity index (χ0n) is 15.5. The summed E-state index contributed by atoms with van der Waals surface area (Å²) in [5.41, 5.74) is 2.49. The van der Waals surface area contributed by atoms with Crippen molar-refractivity contribution < 1.29 is 14.0 Å². The fourth-order valence-corrected chi connectivity index (χ4v) is 2.73. The highest BCUT2D eigenvalue weighted by Crippen LogP contribution is 2.16. The van der Waals surface area contributed by atoms with Crippen LogP contribution >= 0.6 is 0 Å². The summed E-state index contributed by atoms with van der Waals surface area (Å²) in [5.74, 6) is -1.29. The van der Waals surface area contributed by atoms with Gasteiger partial charge < -0.3 is 10.6 Å². The van der Waals surface area contributed by atoms with Gasteiger partial charge in [0.15, 0.2) is 0 Å². The molecule has 3 aromatic rings. The Kier molecular flexibility index (Phi) is 5.84. The molecule has 0 aliphatic rings. The Balaban J connectivity index is 1.50. The normalized spacial score (nSPS) is 11.8. The lowest BCUT2D eigenvalue weighted by Crippen LogP contribution is -2.28. The largest absolute Gasteiger partial charge is 0.350 e. The number of hydrogen-bond acceptors (Lipinski definition) is 3. The van der Waals surface area contributed by atoms with E-state index in [2.05, 4.69) is 22.3 Å². The number of halogens is 1. The van der Waals surface area contributed by atoms with Crippen molar-refractivity contribution in [1.29, 1.82) is 0 Å². The molecule has 2 amide bonds. The number of rotatable bonds is 7. The standard InChI is InChI=1S/C21H21FN4O2/c1-14(15(2)20(27)25-17-8-6-16(22)7-9-17)10-12-23-21(28)19-5-3-4-18-11-13-24-26(18)19/h3-9,11,13,15H,1,10,12H2,2H3,(H,23,28)(H,25,27). The molecule has 0 saturated heterocycles. The van der Waals surface area contributed by atoms with Crippen molar-refractivity contribution >= 4 is 23.0 Å². The number of nitrogens with one attached hydrogen (secondary N) is 2. The summed E-state index contributed by atoms with van der Waals surface area (Å²) in [6, 6.07) is 12.7. The van der Waals surface area contributed by atoms with Gasteiger partial charge in [-0.1, -0.05) is 18.2 Å². The van der Waals surface area contributed by atoms with Gasteiger partial charge in [-0.3, -0.25) is 9.59 Å². The van der Waals surface area contributed by atoms with Gasteiger partial charge in [-0.15, -0.1) is 0 Å². The van der Waals surface area contributed by atoms with Crippen LogP contribution in [0.25, 0.3) is 5.52 Å². The maximum Gasteiger partial charge on any atom is 0.269 e. The SMILES string of the molecule is C=C(CCNC(=O)c1cccc2ccnn12)C(C)C(=O)Nc1ccc(F)cc1. The zero-order valence-corrected chi connectivity index (χ0v) is 15.5. The molecular weight excluding hydrogens is 359 g/mol. The molecule has 1 atom stereocenters. The van der Waals surface area contributed by atoms with Gasteiger partial charge in [0.2, 0.25) is 5.91 Å². The molecule has 3 rings (SSSR count). The minimum Gasteiger partial charge on any atom is -0.350 e. The number of fused-ring (bicyclic) bond motifs is 1. The first-order chi connectivity index (χ1) is 13.5. The first-order valence-corrected chi connectivity index (χ1v) is 8.91. The summed E-state index contributed by atoms with van der Waals surface area (Å²) in [6.07, 6.45) is 2.09. The fraction of sp³-hybridized carbons (Fsp3) is 0.190. The molecule has 2 aromatic heterocycles. The molecule has 0 aliphatic heterocycles. The van der Waals surface area contributed by atoms with Crippen LogP contribution < -0.4 is 10.6 Å². The first-order valence-electron chi connectivity index (χ1n) is 8.91. The van der Waals surface area contributed by atoms with E-state index in [-0.39, 0.29) is 17.6 Å². The number of pyridine rings is 1. The predicted molar refractivity (Wildman–Crippen MR) is 105 cm³/mol. The van der Waals surface area contributed by atoms with Crippen LogP contribution in [-0.4, -0.2) is 28.0 Å². The van der Waals surface area contributed by atoms with Crippen molar-refractivity contribution in [2.24, 2.45) is 5.92 Å². The van der Waals surface area contributed by atoms with Crippen molar-refractivity contribution in [3.8, 4) is 0 Å². The van der Waals surface area contributed by atoms with E-state index in [1.807, 2.05) is 12.1 Å². The topological polar surface area (TPSA) is 75.5 Å². The molecule has 1 aromatic carbocycles. The molecule has 0 saturated carbocycles. The van der Waals surface area contributed by atoms with Crippen LogP contribution in [0.1, 0.15) is 23.8 Å². The van der Waals surface area contributed by atoms with Gasteiger partial charge in [0.25, 0.3) is 5.91 Å². The van der Waals surface area contributed by atoms with Crippen molar-refractivity contribution in [3.05, 3.63) is 78.4 Å². The minimum atomic E-state index is -0.448. The molecular formula is C21H21FN4O2. The molecule has 0 radical (unpaired) electrons. The summed E-state index contributed by atoms with van der Waals surface area (Å²) >= 11 is 0. The van der Waals surface area contributed by atoms with E-state index in [1.165, 1.54) is 24.3 Å². The predicted octanol–water partition coefficient (Wildman–Crippen LogP) is 3.42. The number of benzene rings is 1. The molecule has 7 heteroatoms. The highest BCUT2D eigenvalue weighted by atomic mass is 19.1. The van der Waals surface area contributed by atoms with Gasteiger partial charge in [0, 0.05) is 12.2 Å². The monoisotopic (exact) mass is 380 g/mol. The maximum atomic E-state index is 12.9. The summed E-state index contributed by atoms with van der Waals surface area (Å²) in [7, 11) is 0. The lowest BCUT2D eigenvalue weighted by atomic mass is 9.99. The number of carbonyl (C=O) groups is 2. The van der Waals surface area contributed by atoms with Crippen LogP contribution in [0.5, 0.6) is 0 Å². The van der Waals surface area contributed by atoms with Crippen molar-refractivity contribution in [2.75, 3.05) is 11.9 Å². The van der Waals surface area contributed by atoms with Gasteiger partial charge in [0.1, 0.15) is 11.5 Å². The minimum absolute atomic E-state index is 0.232. The van der Waals surface area contributed by atoms with Crippen LogP contribution in [0.3, 0.4) is 0 Å². The van der Waals surface area contributed by atoms with Crippen molar-refractivity contribution in [2.45, 2.75) is 13.3 Å². The van der Waals surface area contributed by atoms with E-state index >= 15 is 0 Å². The lowest BCUT2D eigenvalue weighted by Gasteiger charge is -2.15. The van der Waals surface area contributed by atoms with Gasteiger partial charge in [-0.25, -0.2) is 8.91 Å². The summed E-state index contributed by atoms with van der Waals surface area (Å²) < 4.78 is 14.5. The molecule has 2 N–H and O–H groups in total. The Morgan fingerprint density at radius 1 is 1.18 bits per heavy atom. The highest BCUT2D eigenvalue weighted by molar-refractivity contribution is 5.94. The number of carbonyl (C=O) groups excluding carboxylic acids is 2. The Bertz CT molecular complexity index is 1010. The van der Waals surface area contributed by atoms with Crippen LogP contribution in [0.15, 0.2) is 66.9 Å². The molecule has 28 heavy (non-hydrogen) atoms. The Morgan fingerprint density at radius 2 is 1.93 bits per heavy atom.